The van der Waals surface area contributed by atoms with Crippen molar-refractivity contribution in [3.8, 4) is 0 Å². The van der Waals surface area contributed by atoms with Gasteiger partial charge in [-0.3, -0.25) is 14.9 Å². The Morgan fingerprint density at radius 3 is 2.64 bits per heavy atom. The molecule has 0 aliphatic rings. The number of nitrogens with zero attached hydrogens (tertiary/aromatic N) is 2. The van der Waals surface area contributed by atoms with Crippen molar-refractivity contribution in [3.05, 3.63) is 72.1 Å². The van der Waals surface area contributed by atoms with Crippen LogP contribution in [0.4, 0.5) is 5.69 Å². The third-order valence-electron chi connectivity index (χ3n) is 3.19. The Morgan fingerprint density at radius 2 is 2.05 bits per heavy atom. The van der Waals surface area contributed by atoms with E-state index in [1.165, 1.54) is 13.0 Å². The van der Waals surface area contributed by atoms with Crippen molar-refractivity contribution >= 4 is 28.9 Å². The molecular formula is C14H12Cl2N2O4. The third-order valence-corrected chi connectivity index (χ3v) is 3.76. The van der Waals surface area contributed by atoms with E-state index < -0.39 is 16.6 Å². The summed E-state index contributed by atoms with van der Waals surface area (Å²) in [5.74, 6) is 0. The second-order valence-electron chi connectivity index (χ2n) is 4.77. The molecule has 0 saturated carbocycles. The number of aryl methyl sites for hydroxylation is 1. The van der Waals surface area contributed by atoms with Gasteiger partial charge in [-0.1, -0.05) is 29.3 Å². The molecule has 0 aliphatic heterocycles. The molecule has 116 valence electrons. The van der Waals surface area contributed by atoms with E-state index >= 15 is 0 Å². The van der Waals surface area contributed by atoms with Crippen LogP contribution in [0, 0.1) is 17.0 Å². The van der Waals surface area contributed by atoms with Crippen molar-refractivity contribution < 1.29 is 10.0 Å². The first kappa shape index (κ1) is 16.5. The van der Waals surface area contributed by atoms with Crippen LogP contribution in [0.25, 0.3) is 0 Å². The minimum atomic E-state index is -1.09. The van der Waals surface area contributed by atoms with Gasteiger partial charge in [0.1, 0.15) is 0 Å². The van der Waals surface area contributed by atoms with Gasteiger partial charge < -0.3 is 9.67 Å². The van der Waals surface area contributed by atoms with Crippen molar-refractivity contribution in [2.75, 3.05) is 0 Å². The van der Waals surface area contributed by atoms with Crippen molar-refractivity contribution in [2.24, 2.45) is 0 Å². The normalized spacial score (nSPS) is 12.2. The molecule has 0 bridgehead atoms. The van der Waals surface area contributed by atoms with E-state index in [1.807, 2.05) is 0 Å². The Bertz CT molecular complexity index is 789. The maximum absolute atomic E-state index is 11.9. The summed E-state index contributed by atoms with van der Waals surface area (Å²) in [5.41, 5.74) is 0.0349. The predicted octanol–water partition coefficient (Wildman–Crippen LogP) is 3.11. The van der Waals surface area contributed by atoms with E-state index in [2.05, 4.69) is 0 Å². The maximum Gasteiger partial charge on any atom is 0.288 e. The number of aliphatic hydroxyl groups excluding tert-OH is 1. The molecule has 1 aromatic heterocycles. The first-order valence-corrected chi connectivity index (χ1v) is 7.03. The van der Waals surface area contributed by atoms with E-state index in [1.54, 1.807) is 12.1 Å². The Balaban J connectivity index is 2.36. The summed E-state index contributed by atoms with van der Waals surface area (Å²) in [6.45, 7) is 1.33. The molecule has 0 unspecified atom stereocenters. The van der Waals surface area contributed by atoms with Gasteiger partial charge in [0.25, 0.3) is 11.2 Å². The van der Waals surface area contributed by atoms with E-state index in [0.717, 1.165) is 16.8 Å². The minimum absolute atomic E-state index is 0.151. The fourth-order valence-electron chi connectivity index (χ4n) is 2.05. The highest BCUT2D eigenvalue weighted by molar-refractivity contribution is 6.35. The molecule has 2 aromatic rings. The predicted molar refractivity (Wildman–Crippen MR) is 83.5 cm³/mol. The van der Waals surface area contributed by atoms with Crippen LogP contribution in [0.5, 0.6) is 0 Å². The molecule has 0 amide bonds. The number of nitro groups is 1. The largest absolute Gasteiger partial charge is 0.386 e. The molecule has 2 rings (SSSR count). The molecule has 8 heteroatoms. The van der Waals surface area contributed by atoms with Crippen LogP contribution in [0.2, 0.25) is 10.0 Å². The molecule has 1 aromatic carbocycles. The van der Waals surface area contributed by atoms with Crippen LogP contribution >= 0.6 is 23.2 Å². The van der Waals surface area contributed by atoms with Crippen molar-refractivity contribution in [2.45, 2.75) is 19.6 Å². The molecule has 1 N–H and O–H groups in total. The number of aliphatic hydroxyl groups is 1. The molecule has 0 spiro atoms. The lowest BCUT2D eigenvalue weighted by atomic mass is 10.1. The molecule has 0 saturated heterocycles. The van der Waals surface area contributed by atoms with Crippen LogP contribution < -0.4 is 5.56 Å². The van der Waals surface area contributed by atoms with E-state index in [9.17, 15) is 20.0 Å². The Hall–Kier alpha value is -1.89. The summed E-state index contributed by atoms with van der Waals surface area (Å²) in [4.78, 5) is 22.2. The summed E-state index contributed by atoms with van der Waals surface area (Å²) in [7, 11) is 0. The highest BCUT2D eigenvalue weighted by Gasteiger charge is 2.17. The van der Waals surface area contributed by atoms with E-state index in [4.69, 9.17) is 23.2 Å². The first-order valence-electron chi connectivity index (χ1n) is 6.28. The molecule has 1 atom stereocenters. The van der Waals surface area contributed by atoms with Gasteiger partial charge in [0, 0.05) is 27.2 Å². The van der Waals surface area contributed by atoms with Gasteiger partial charge in [-0.05, 0) is 19.1 Å². The second kappa shape index (κ2) is 6.48. The van der Waals surface area contributed by atoms with E-state index in [-0.39, 0.29) is 22.8 Å². The Morgan fingerprint density at radius 1 is 1.36 bits per heavy atom. The second-order valence-corrected chi connectivity index (χ2v) is 5.61. The first-order chi connectivity index (χ1) is 10.3. The summed E-state index contributed by atoms with van der Waals surface area (Å²) < 4.78 is 1.08. The number of rotatable bonds is 4. The molecule has 22 heavy (non-hydrogen) atoms. The number of pyridine rings is 1. The van der Waals surface area contributed by atoms with Crippen molar-refractivity contribution in [1.82, 2.24) is 4.57 Å². The van der Waals surface area contributed by atoms with Gasteiger partial charge in [-0.15, -0.1) is 0 Å². The van der Waals surface area contributed by atoms with Gasteiger partial charge in [-0.25, -0.2) is 0 Å². The van der Waals surface area contributed by atoms with Crippen LogP contribution in [0.1, 0.15) is 17.2 Å². The van der Waals surface area contributed by atoms with Gasteiger partial charge in [0.15, 0.2) is 0 Å². The molecular weight excluding hydrogens is 331 g/mol. The SMILES string of the molecule is Cc1cc(=O)n(C[C@H](O)c2ccc(Cl)cc2Cl)cc1[N+](=O)[O-]. The summed E-state index contributed by atoms with van der Waals surface area (Å²) in [5, 5.41) is 21.8. The lowest BCUT2D eigenvalue weighted by Crippen LogP contribution is -2.23. The van der Waals surface area contributed by atoms with Gasteiger partial charge in [0.05, 0.1) is 23.8 Å². The average molecular weight is 343 g/mol. The maximum atomic E-state index is 11.9. The number of halogens is 2. The Kier molecular flexibility index (Phi) is 4.85. The molecule has 6 nitrogen and oxygen atoms in total. The zero-order valence-corrected chi connectivity index (χ0v) is 13.0. The van der Waals surface area contributed by atoms with Crippen LogP contribution in [0.3, 0.4) is 0 Å². The number of hydrogen-bond acceptors (Lipinski definition) is 4. The molecule has 0 radical (unpaired) electrons. The molecule has 0 fully saturated rings. The number of aromatic nitrogens is 1. The minimum Gasteiger partial charge on any atom is -0.386 e. The lowest BCUT2D eigenvalue weighted by molar-refractivity contribution is -0.386. The van der Waals surface area contributed by atoms with Crippen molar-refractivity contribution in [3.63, 3.8) is 0 Å². The smallest absolute Gasteiger partial charge is 0.288 e. The van der Waals surface area contributed by atoms with Gasteiger partial charge in [0.2, 0.25) is 0 Å². The Labute approximate surface area is 135 Å². The molecule has 0 aliphatic carbocycles. The fourth-order valence-corrected chi connectivity index (χ4v) is 2.58. The highest BCUT2D eigenvalue weighted by atomic mass is 35.5. The lowest BCUT2D eigenvalue weighted by Gasteiger charge is -2.14. The summed E-state index contributed by atoms with van der Waals surface area (Å²) in [6.07, 6.45) is 0.0230. The summed E-state index contributed by atoms with van der Waals surface area (Å²) >= 11 is 11.8. The zero-order valence-electron chi connectivity index (χ0n) is 11.5. The average Bonchev–Trinajstić information content (AvgIpc) is 2.41. The van der Waals surface area contributed by atoms with Crippen LogP contribution in [0.15, 0.2) is 35.3 Å². The standard InChI is InChI=1S/C14H12Cl2N2O4/c1-8-4-14(20)17(6-12(8)18(21)22)7-13(19)10-3-2-9(15)5-11(10)16/h2-6,13,19H,7H2,1H3/t13-/m0/s1. The van der Waals surface area contributed by atoms with Crippen LogP contribution in [-0.4, -0.2) is 14.6 Å². The van der Waals surface area contributed by atoms with Crippen LogP contribution in [-0.2, 0) is 6.54 Å². The fraction of sp³-hybridized carbons (Fsp3) is 0.214. The molecule has 1 heterocycles. The quantitative estimate of drug-likeness (QED) is 0.683. The number of benzene rings is 1. The topological polar surface area (TPSA) is 85.4 Å². The van der Waals surface area contributed by atoms with Gasteiger partial charge >= 0.3 is 0 Å². The van der Waals surface area contributed by atoms with E-state index in [0.29, 0.717) is 10.6 Å². The zero-order chi connectivity index (χ0) is 16.4. The third kappa shape index (κ3) is 3.47. The number of hydrogen-bond donors (Lipinski definition) is 1. The highest BCUT2D eigenvalue weighted by Crippen LogP contribution is 2.27. The monoisotopic (exact) mass is 342 g/mol. The van der Waals surface area contributed by atoms with Gasteiger partial charge in [-0.2, -0.15) is 0 Å². The van der Waals surface area contributed by atoms with Crippen molar-refractivity contribution in [1.29, 1.82) is 0 Å². The summed E-state index contributed by atoms with van der Waals surface area (Å²) in [6, 6.07) is 5.74.